The summed E-state index contributed by atoms with van der Waals surface area (Å²) in [6.45, 7) is 8.24. The summed E-state index contributed by atoms with van der Waals surface area (Å²) in [7, 11) is 0. The first kappa shape index (κ1) is 22.2. The van der Waals surface area contributed by atoms with Gasteiger partial charge in [-0.3, -0.25) is 9.69 Å². The number of amides is 1. The van der Waals surface area contributed by atoms with Crippen molar-refractivity contribution in [2.75, 3.05) is 26.2 Å². The molecule has 2 heterocycles. The van der Waals surface area contributed by atoms with Crippen LogP contribution < -0.4 is 10.6 Å². The minimum absolute atomic E-state index is 0. The maximum atomic E-state index is 12.0. The standard InChI is InChI=1S/C19H29N3O.2ClH/c1-15-3-2-10-22(13-15)14-17-6-4-16(5-7-17)11-21-19(23)18-8-9-20-12-18;;/h4-7,15,18,20H,2-3,8-14H2,1H3,(H,21,23);2*1H. The van der Waals surface area contributed by atoms with Crippen molar-refractivity contribution < 1.29 is 4.79 Å². The van der Waals surface area contributed by atoms with E-state index in [4.69, 9.17) is 0 Å². The van der Waals surface area contributed by atoms with E-state index in [1.807, 2.05) is 0 Å². The summed E-state index contributed by atoms with van der Waals surface area (Å²) in [5.74, 6) is 1.15. The van der Waals surface area contributed by atoms with Crippen LogP contribution in [0.2, 0.25) is 0 Å². The summed E-state index contributed by atoms with van der Waals surface area (Å²) in [5, 5.41) is 6.29. The highest BCUT2D eigenvalue weighted by molar-refractivity contribution is 5.85. The average molecular weight is 388 g/mol. The Morgan fingerprint density at radius 2 is 1.92 bits per heavy atom. The number of halogens is 2. The highest BCUT2D eigenvalue weighted by Crippen LogP contribution is 2.18. The molecular weight excluding hydrogens is 357 g/mol. The van der Waals surface area contributed by atoms with Crippen LogP contribution >= 0.6 is 24.8 Å². The van der Waals surface area contributed by atoms with Gasteiger partial charge in [-0.25, -0.2) is 0 Å². The Balaban J connectivity index is 0.00000156. The van der Waals surface area contributed by atoms with Crippen LogP contribution in [0.3, 0.4) is 0 Å². The molecule has 0 aliphatic carbocycles. The Morgan fingerprint density at radius 1 is 1.20 bits per heavy atom. The lowest BCUT2D eigenvalue weighted by Crippen LogP contribution is -2.33. The van der Waals surface area contributed by atoms with Crippen molar-refractivity contribution in [3.05, 3.63) is 35.4 Å². The minimum Gasteiger partial charge on any atom is -0.352 e. The molecule has 1 aromatic rings. The average Bonchev–Trinajstić information content (AvgIpc) is 3.08. The van der Waals surface area contributed by atoms with Gasteiger partial charge in [0.15, 0.2) is 0 Å². The summed E-state index contributed by atoms with van der Waals surface area (Å²) < 4.78 is 0. The summed E-state index contributed by atoms with van der Waals surface area (Å²) >= 11 is 0. The van der Waals surface area contributed by atoms with Gasteiger partial charge in [0.2, 0.25) is 5.91 Å². The van der Waals surface area contributed by atoms with Crippen LogP contribution in [0.1, 0.15) is 37.3 Å². The zero-order chi connectivity index (χ0) is 16.1. The summed E-state index contributed by atoms with van der Waals surface area (Å²) in [6, 6.07) is 8.71. The third-order valence-electron chi connectivity index (χ3n) is 5.07. The third-order valence-corrected chi connectivity index (χ3v) is 5.07. The fourth-order valence-corrected chi connectivity index (χ4v) is 3.66. The van der Waals surface area contributed by atoms with Crippen LogP contribution in [0, 0.1) is 11.8 Å². The molecule has 2 aliphatic rings. The Morgan fingerprint density at radius 3 is 2.56 bits per heavy atom. The quantitative estimate of drug-likeness (QED) is 0.815. The molecule has 25 heavy (non-hydrogen) atoms. The van der Waals surface area contributed by atoms with Gasteiger partial charge in [0.05, 0.1) is 5.92 Å². The molecule has 2 unspecified atom stereocenters. The molecule has 0 saturated carbocycles. The van der Waals surface area contributed by atoms with E-state index in [9.17, 15) is 4.79 Å². The number of hydrogen-bond donors (Lipinski definition) is 2. The first-order valence-electron chi connectivity index (χ1n) is 8.99. The molecule has 2 N–H and O–H groups in total. The highest BCUT2D eigenvalue weighted by atomic mass is 35.5. The van der Waals surface area contributed by atoms with Gasteiger partial charge in [-0.15, -0.1) is 24.8 Å². The molecule has 2 atom stereocenters. The van der Waals surface area contributed by atoms with Gasteiger partial charge < -0.3 is 10.6 Å². The molecule has 4 nitrogen and oxygen atoms in total. The number of nitrogens with zero attached hydrogens (tertiary/aromatic N) is 1. The van der Waals surface area contributed by atoms with Crippen LogP contribution in [0.25, 0.3) is 0 Å². The number of piperidine rings is 1. The van der Waals surface area contributed by atoms with Crippen molar-refractivity contribution in [2.24, 2.45) is 11.8 Å². The summed E-state index contributed by atoms with van der Waals surface area (Å²) in [4.78, 5) is 14.6. The van der Waals surface area contributed by atoms with E-state index in [0.717, 1.165) is 32.0 Å². The third kappa shape index (κ3) is 6.78. The van der Waals surface area contributed by atoms with E-state index in [0.29, 0.717) is 6.54 Å². The molecule has 2 fully saturated rings. The van der Waals surface area contributed by atoms with Gasteiger partial charge in [0.1, 0.15) is 0 Å². The SMILES string of the molecule is CC1CCCN(Cc2ccc(CNC(=O)C3CCNC3)cc2)C1.Cl.Cl. The predicted molar refractivity (Wildman–Crippen MR) is 107 cm³/mol. The Bertz CT molecular complexity index is 518. The molecule has 1 amide bonds. The summed E-state index contributed by atoms with van der Waals surface area (Å²) in [5.41, 5.74) is 2.55. The Labute approximate surface area is 163 Å². The minimum atomic E-state index is 0. The van der Waals surface area contributed by atoms with E-state index >= 15 is 0 Å². The smallest absolute Gasteiger partial charge is 0.224 e. The monoisotopic (exact) mass is 387 g/mol. The number of nitrogens with one attached hydrogen (secondary N) is 2. The lowest BCUT2D eigenvalue weighted by atomic mass is 9.99. The second-order valence-electron chi connectivity index (χ2n) is 7.21. The van der Waals surface area contributed by atoms with Crippen LogP contribution in [-0.2, 0) is 17.9 Å². The van der Waals surface area contributed by atoms with Gasteiger partial charge in [-0.1, -0.05) is 31.2 Å². The highest BCUT2D eigenvalue weighted by Gasteiger charge is 2.21. The summed E-state index contributed by atoms with van der Waals surface area (Å²) in [6.07, 6.45) is 3.64. The second kappa shape index (κ2) is 11.0. The first-order valence-corrected chi connectivity index (χ1v) is 8.99. The molecule has 142 valence electrons. The number of rotatable bonds is 5. The van der Waals surface area contributed by atoms with E-state index in [1.165, 1.54) is 37.1 Å². The maximum absolute atomic E-state index is 12.0. The molecule has 3 rings (SSSR count). The number of carbonyl (C=O) groups is 1. The molecule has 2 aliphatic heterocycles. The first-order chi connectivity index (χ1) is 11.2. The predicted octanol–water partition coefficient (Wildman–Crippen LogP) is 2.99. The van der Waals surface area contributed by atoms with Gasteiger partial charge in [0, 0.05) is 26.2 Å². The Kier molecular flexibility index (Phi) is 9.80. The van der Waals surface area contributed by atoms with Crippen molar-refractivity contribution in [3.63, 3.8) is 0 Å². The maximum Gasteiger partial charge on any atom is 0.224 e. The molecule has 2 saturated heterocycles. The number of carbonyl (C=O) groups excluding carboxylic acids is 1. The van der Waals surface area contributed by atoms with E-state index in [-0.39, 0.29) is 36.6 Å². The van der Waals surface area contributed by atoms with Crippen molar-refractivity contribution in [1.29, 1.82) is 0 Å². The lowest BCUT2D eigenvalue weighted by Gasteiger charge is -2.30. The largest absolute Gasteiger partial charge is 0.352 e. The molecule has 0 bridgehead atoms. The van der Waals surface area contributed by atoms with Gasteiger partial charge in [-0.05, 0) is 49.4 Å². The topological polar surface area (TPSA) is 44.4 Å². The van der Waals surface area contributed by atoms with E-state index in [1.54, 1.807) is 0 Å². The fourth-order valence-electron chi connectivity index (χ4n) is 3.66. The molecule has 0 radical (unpaired) electrons. The van der Waals surface area contributed by atoms with Crippen LogP contribution in [0.4, 0.5) is 0 Å². The van der Waals surface area contributed by atoms with E-state index < -0.39 is 0 Å². The second-order valence-corrected chi connectivity index (χ2v) is 7.21. The van der Waals surface area contributed by atoms with Crippen LogP contribution in [0.5, 0.6) is 0 Å². The van der Waals surface area contributed by atoms with Gasteiger partial charge >= 0.3 is 0 Å². The molecule has 1 aromatic carbocycles. The number of likely N-dealkylation sites (tertiary alicyclic amines) is 1. The van der Waals surface area contributed by atoms with Crippen LogP contribution in [-0.4, -0.2) is 37.0 Å². The lowest BCUT2D eigenvalue weighted by molar-refractivity contribution is -0.124. The normalized spacial score (nSPS) is 23.4. The zero-order valence-electron chi connectivity index (χ0n) is 15.0. The van der Waals surface area contributed by atoms with Crippen molar-refractivity contribution in [3.8, 4) is 0 Å². The fraction of sp³-hybridized carbons (Fsp3) is 0.632. The van der Waals surface area contributed by atoms with Gasteiger partial charge in [-0.2, -0.15) is 0 Å². The van der Waals surface area contributed by atoms with Crippen molar-refractivity contribution in [2.45, 2.75) is 39.3 Å². The number of benzene rings is 1. The zero-order valence-corrected chi connectivity index (χ0v) is 16.6. The van der Waals surface area contributed by atoms with Crippen molar-refractivity contribution >= 4 is 30.7 Å². The molecular formula is C19H31Cl2N3O. The molecule has 6 heteroatoms. The van der Waals surface area contributed by atoms with Crippen LogP contribution in [0.15, 0.2) is 24.3 Å². The Hall–Kier alpha value is -0.810. The molecule has 0 aromatic heterocycles. The van der Waals surface area contributed by atoms with E-state index in [2.05, 4.69) is 46.7 Å². The molecule has 0 spiro atoms. The van der Waals surface area contributed by atoms with Gasteiger partial charge in [0.25, 0.3) is 0 Å². The number of hydrogen-bond acceptors (Lipinski definition) is 3. The van der Waals surface area contributed by atoms with Crippen molar-refractivity contribution in [1.82, 2.24) is 15.5 Å².